The third kappa shape index (κ3) is 5.42. The molecule has 10 heteroatoms. The highest BCUT2D eigenvalue weighted by Gasteiger charge is 2.28. The van der Waals surface area contributed by atoms with Crippen molar-refractivity contribution in [2.24, 2.45) is 18.9 Å². The van der Waals surface area contributed by atoms with Gasteiger partial charge in [-0.05, 0) is 49.8 Å². The number of nitriles is 1. The molecule has 0 radical (unpaired) electrons. The number of aliphatic hydroxyl groups is 1. The SMILES string of the molecule is CCN(CC1CCCN(c2ccc(-c3cc(-c4cnn(C)c4)cn4ncc(C#N)c34)cn2)C1)C(=O)C(O)C(C)C. The number of aryl methyl sites for hydroxylation is 1. The van der Waals surface area contributed by atoms with Gasteiger partial charge in [0.2, 0.25) is 0 Å². The Morgan fingerprint density at radius 3 is 2.65 bits per heavy atom. The molecule has 1 aliphatic heterocycles. The Morgan fingerprint density at radius 1 is 1.18 bits per heavy atom. The van der Waals surface area contributed by atoms with E-state index in [0.29, 0.717) is 24.6 Å². The number of carbonyl (C=O) groups excluding carboxylic acids is 1. The number of aromatic nitrogens is 5. The fourth-order valence-electron chi connectivity index (χ4n) is 5.46. The van der Waals surface area contributed by atoms with Gasteiger partial charge in [0.05, 0.1) is 23.5 Å². The van der Waals surface area contributed by atoms with Crippen LogP contribution in [0.1, 0.15) is 39.2 Å². The maximum absolute atomic E-state index is 12.8. The summed E-state index contributed by atoms with van der Waals surface area (Å²) in [6, 6.07) is 8.39. The minimum atomic E-state index is -0.964. The molecule has 1 saturated heterocycles. The van der Waals surface area contributed by atoms with Crippen LogP contribution in [0.15, 0.2) is 49.2 Å². The van der Waals surface area contributed by atoms with E-state index in [1.165, 1.54) is 0 Å². The fourth-order valence-corrected chi connectivity index (χ4v) is 5.46. The van der Waals surface area contributed by atoms with Crippen molar-refractivity contribution in [2.75, 3.05) is 31.1 Å². The molecule has 0 aliphatic carbocycles. The van der Waals surface area contributed by atoms with E-state index in [1.54, 1.807) is 20.3 Å². The number of anilines is 1. The summed E-state index contributed by atoms with van der Waals surface area (Å²) in [4.78, 5) is 21.7. The summed E-state index contributed by atoms with van der Waals surface area (Å²) >= 11 is 0. The Balaban J connectivity index is 1.38. The van der Waals surface area contributed by atoms with E-state index in [2.05, 4.69) is 27.2 Å². The van der Waals surface area contributed by atoms with Gasteiger partial charge in [-0.3, -0.25) is 9.48 Å². The second kappa shape index (κ2) is 11.5. The van der Waals surface area contributed by atoms with Crippen LogP contribution in [0.3, 0.4) is 0 Å². The van der Waals surface area contributed by atoms with Gasteiger partial charge in [0.1, 0.15) is 18.0 Å². The van der Waals surface area contributed by atoms with E-state index in [4.69, 9.17) is 4.98 Å². The third-order valence-corrected chi connectivity index (χ3v) is 7.73. The molecular formula is C30H36N8O2. The van der Waals surface area contributed by atoms with Crippen molar-refractivity contribution in [3.05, 3.63) is 54.7 Å². The molecule has 10 nitrogen and oxygen atoms in total. The number of pyridine rings is 2. The molecule has 2 unspecified atom stereocenters. The number of hydrogen-bond donors (Lipinski definition) is 1. The first-order valence-electron chi connectivity index (χ1n) is 13.9. The minimum absolute atomic E-state index is 0.106. The van der Waals surface area contributed by atoms with Crippen molar-refractivity contribution in [3.8, 4) is 28.3 Å². The number of fused-ring (bicyclic) bond motifs is 1. The summed E-state index contributed by atoms with van der Waals surface area (Å²) in [5.41, 5.74) is 4.94. The largest absolute Gasteiger partial charge is 0.383 e. The molecule has 1 aliphatic rings. The molecule has 1 N–H and O–H groups in total. The molecule has 0 spiro atoms. The predicted octanol–water partition coefficient (Wildman–Crippen LogP) is 3.75. The molecule has 4 aromatic rings. The second-order valence-corrected chi connectivity index (χ2v) is 10.9. The summed E-state index contributed by atoms with van der Waals surface area (Å²) in [6.45, 7) is 8.60. The summed E-state index contributed by atoms with van der Waals surface area (Å²) in [7, 11) is 1.88. The average molecular weight is 541 g/mol. The molecule has 5 rings (SSSR count). The molecule has 2 atom stereocenters. The van der Waals surface area contributed by atoms with Crippen LogP contribution in [0, 0.1) is 23.2 Å². The molecule has 4 aromatic heterocycles. The van der Waals surface area contributed by atoms with Gasteiger partial charge in [-0.2, -0.15) is 15.5 Å². The van der Waals surface area contributed by atoms with Crippen LogP contribution in [-0.4, -0.2) is 72.6 Å². The second-order valence-electron chi connectivity index (χ2n) is 10.9. The van der Waals surface area contributed by atoms with Crippen molar-refractivity contribution in [1.82, 2.24) is 29.3 Å². The van der Waals surface area contributed by atoms with Gasteiger partial charge >= 0.3 is 0 Å². The molecular weight excluding hydrogens is 504 g/mol. The predicted molar refractivity (Wildman–Crippen MR) is 153 cm³/mol. The van der Waals surface area contributed by atoms with Gasteiger partial charge in [0, 0.05) is 74.1 Å². The first-order valence-corrected chi connectivity index (χ1v) is 13.9. The van der Waals surface area contributed by atoms with Gasteiger partial charge in [0.25, 0.3) is 5.91 Å². The van der Waals surface area contributed by atoms with Crippen molar-refractivity contribution in [2.45, 2.75) is 39.7 Å². The zero-order valence-electron chi connectivity index (χ0n) is 23.5. The highest BCUT2D eigenvalue weighted by Crippen LogP contribution is 2.33. The summed E-state index contributed by atoms with van der Waals surface area (Å²) < 4.78 is 3.50. The number of likely N-dealkylation sites (N-methyl/N-ethyl adjacent to an activating group) is 1. The van der Waals surface area contributed by atoms with Crippen molar-refractivity contribution in [1.29, 1.82) is 5.26 Å². The molecule has 5 heterocycles. The third-order valence-electron chi connectivity index (χ3n) is 7.73. The standard InChI is InChI=1S/C30H36N8O2/c1-5-36(30(40)29(39)20(2)3)16-21-7-6-10-37(17-21)27-9-8-22(13-32-27)26-11-23(25-15-33-35(4)18-25)19-38-28(26)24(12-31)14-34-38/h8-9,11,13-15,18-21,29,39H,5-7,10,16-17H2,1-4H3. The highest BCUT2D eigenvalue weighted by atomic mass is 16.3. The molecule has 1 fully saturated rings. The molecule has 0 saturated carbocycles. The molecule has 0 bridgehead atoms. The van der Waals surface area contributed by atoms with Crippen LogP contribution >= 0.6 is 0 Å². The average Bonchev–Trinajstić information content (AvgIpc) is 3.60. The number of carbonyl (C=O) groups is 1. The van der Waals surface area contributed by atoms with Gasteiger partial charge in [-0.1, -0.05) is 13.8 Å². The lowest BCUT2D eigenvalue weighted by Crippen LogP contribution is -2.47. The van der Waals surface area contributed by atoms with Crippen LogP contribution in [0.2, 0.25) is 0 Å². The normalized spacial score (nSPS) is 16.3. The van der Waals surface area contributed by atoms with Crippen molar-refractivity contribution >= 4 is 17.2 Å². The number of hydrogen-bond acceptors (Lipinski definition) is 7. The summed E-state index contributed by atoms with van der Waals surface area (Å²) in [5, 5.41) is 28.7. The number of aliphatic hydroxyl groups excluding tert-OH is 1. The minimum Gasteiger partial charge on any atom is -0.383 e. The Labute approximate surface area is 234 Å². The van der Waals surface area contributed by atoms with Crippen LogP contribution in [0.25, 0.3) is 27.8 Å². The number of rotatable bonds is 8. The lowest BCUT2D eigenvalue weighted by molar-refractivity contribution is -0.142. The number of nitrogens with zero attached hydrogens (tertiary/aromatic N) is 8. The summed E-state index contributed by atoms with van der Waals surface area (Å²) in [5.74, 6) is 0.900. The number of amides is 1. The Morgan fingerprint density at radius 2 is 2.00 bits per heavy atom. The lowest BCUT2D eigenvalue weighted by Gasteiger charge is -2.36. The van der Waals surface area contributed by atoms with Crippen LogP contribution in [0.5, 0.6) is 0 Å². The highest BCUT2D eigenvalue weighted by molar-refractivity contribution is 5.87. The molecule has 208 valence electrons. The Hall–Kier alpha value is -4.23. The number of piperidine rings is 1. The van der Waals surface area contributed by atoms with E-state index in [-0.39, 0.29) is 11.8 Å². The van der Waals surface area contributed by atoms with Crippen LogP contribution in [-0.2, 0) is 11.8 Å². The van der Waals surface area contributed by atoms with Crippen molar-refractivity contribution in [3.63, 3.8) is 0 Å². The quantitative estimate of drug-likeness (QED) is 0.362. The Bertz CT molecular complexity index is 1530. The maximum atomic E-state index is 12.8. The molecule has 0 aromatic carbocycles. The first kappa shape index (κ1) is 27.3. The lowest BCUT2D eigenvalue weighted by atomic mass is 9.96. The van der Waals surface area contributed by atoms with E-state index >= 15 is 0 Å². The van der Waals surface area contributed by atoms with E-state index < -0.39 is 6.10 Å². The van der Waals surface area contributed by atoms with Gasteiger partial charge in [-0.15, -0.1) is 0 Å². The van der Waals surface area contributed by atoms with Gasteiger partial charge in [0.15, 0.2) is 0 Å². The van der Waals surface area contributed by atoms with Gasteiger partial charge in [-0.25, -0.2) is 9.50 Å². The molecule has 1 amide bonds. The topological polar surface area (TPSA) is 116 Å². The molecule has 40 heavy (non-hydrogen) atoms. The first-order chi connectivity index (χ1) is 19.3. The fraction of sp³-hybridized carbons (Fsp3) is 0.433. The van der Waals surface area contributed by atoms with Crippen molar-refractivity contribution < 1.29 is 9.90 Å². The van der Waals surface area contributed by atoms with E-state index in [9.17, 15) is 15.2 Å². The Kier molecular flexibility index (Phi) is 7.85. The zero-order chi connectivity index (χ0) is 28.4. The monoisotopic (exact) mass is 540 g/mol. The maximum Gasteiger partial charge on any atom is 0.251 e. The van der Waals surface area contributed by atoms with E-state index in [0.717, 1.165) is 59.5 Å². The van der Waals surface area contributed by atoms with Crippen LogP contribution in [0.4, 0.5) is 5.82 Å². The smallest absolute Gasteiger partial charge is 0.251 e. The van der Waals surface area contributed by atoms with Crippen LogP contribution < -0.4 is 4.90 Å². The zero-order valence-corrected chi connectivity index (χ0v) is 23.5. The van der Waals surface area contributed by atoms with E-state index in [1.807, 2.05) is 64.7 Å². The summed E-state index contributed by atoms with van der Waals surface area (Å²) in [6.07, 6.45) is 10.2. The van der Waals surface area contributed by atoms with Gasteiger partial charge < -0.3 is 14.9 Å².